The highest BCUT2D eigenvalue weighted by atomic mass is 19.3. The molecule has 1 atom stereocenters. The zero-order valence-corrected chi connectivity index (χ0v) is 14.7. The molecule has 1 aliphatic carbocycles. The number of aromatic nitrogens is 2. The Morgan fingerprint density at radius 2 is 1.89 bits per heavy atom. The van der Waals surface area contributed by atoms with Gasteiger partial charge in [0, 0.05) is 36.4 Å². The van der Waals surface area contributed by atoms with Gasteiger partial charge < -0.3 is 4.57 Å². The van der Waals surface area contributed by atoms with Crippen LogP contribution in [0.2, 0.25) is 0 Å². The van der Waals surface area contributed by atoms with Crippen molar-refractivity contribution in [3.05, 3.63) is 23.8 Å². The molecule has 0 spiro atoms. The van der Waals surface area contributed by atoms with E-state index < -0.39 is 53.7 Å². The minimum Gasteiger partial charge on any atom is -0.302 e. The molecule has 1 fully saturated rings. The quantitative estimate of drug-likeness (QED) is 0.770. The molecule has 1 N–H and O–H groups in total. The number of amides is 1. The van der Waals surface area contributed by atoms with Gasteiger partial charge in [0.05, 0.1) is 5.52 Å². The molecule has 27 heavy (non-hydrogen) atoms. The maximum atomic E-state index is 14.3. The first-order chi connectivity index (χ1) is 12.2. The molecule has 148 valence electrons. The molecule has 1 aromatic carbocycles. The molecular weight excluding hydrogens is 376 g/mol. The number of anilines is 1. The van der Waals surface area contributed by atoms with Gasteiger partial charge in [-0.3, -0.25) is 10.1 Å². The van der Waals surface area contributed by atoms with Crippen molar-refractivity contribution in [2.75, 3.05) is 5.32 Å². The number of hydrogen-bond acceptors (Lipinski definition) is 2. The lowest BCUT2D eigenvalue weighted by Crippen LogP contribution is -2.59. The van der Waals surface area contributed by atoms with Crippen molar-refractivity contribution in [1.29, 1.82) is 0 Å². The van der Waals surface area contributed by atoms with E-state index in [2.05, 4.69) is 10.3 Å². The molecule has 1 aliphatic rings. The lowest BCUT2D eigenvalue weighted by molar-refractivity contribution is -0.313. The number of hydrogen-bond donors (Lipinski definition) is 1. The van der Waals surface area contributed by atoms with E-state index in [-0.39, 0.29) is 17.0 Å². The maximum absolute atomic E-state index is 14.3. The van der Waals surface area contributed by atoms with Crippen molar-refractivity contribution >= 4 is 22.9 Å². The first kappa shape index (κ1) is 19.5. The van der Waals surface area contributed by atoms with Gasteiger partial charge in [-0.1, -0.05) is 0 Å². The molecule has 4 nitrogen and oxygen atoms in total. The summed E-state index contributed by atoms with van der Waals surface area (Å²) >= 11 is 0. The number of rotatable bonds is 3. The summed E-state index contributed by atoms with van der Waals surface area (Å²) in [6.07, 6.45) is -1.93. The van der Waals surface area contributed by atoms with E-state index in [4.69, 9.17) is 0 Å². The van der Waals surface area contributed by atoms with Crippen LogP contribution in [0.1, 0.15) is 33.6 Å². The summed E-state index contributed by atoms with van der Waals surface area (Å²) in [6.45, 7) is 5.02. The fourth-order valence-electron chi connectivity index (χ4n) is 3.21. The Balaban J connectivity index is 1.91. The van der Waals surface area contributed by atoms with Crippen LogP contribution < -0.4 is 5.32 Å². The molecule has 1 aromatic heterocycles. The molecule has 3 rings (SSSR count). The SMILES string of the molecule is CC(C)(C)n1c(NC(=O)CC2CC(F)(F)C2(F)F)nc2cc(F)cc(F)c21. The van der Waals surface area contributed by atoms with Gasteiger partial charge in [0.15, 0.2) is 5.82 Å². The second-order valence-electron chi connectivity index (χ2n) is 7.68. The fraction of sp³-hybridized carbons (Fsp3) is 0.529. The predicted molar refractivity (Wildman–Crippen MR) is 85.9 cm³/mol. The topological polar surface area (TPSA) is 46.9 Å². The van der Waals surface area contributed by atoms with Crippen LogP contribution in [-0.4, -0.2) is 27.3 Å². The lowest BCUT2D eigenvalue weighted by Gasteiger charge is -2.43. The summed E-state index contributed by atoms with van der Waals surface area (Å²) < 4.78 is 81.6. The fourth-order valence-corrected chi connectivity index (χ4v) is 3.21. The van der Waals surface area contributed by atoms with E-state index in [0.29, 0.717) is 6.07 Å². The molecule has 1 unspecified atom stereocenters. The number of carbonyl (C=O) groups excluding carboxylic acids is 1. The highest BCUT2D eigenvalue weighted by Gasteiger charge is 2.71. The monoisotopic (exact) mass is 393 g/mol. The number of nitrogens with one attached hydrogen (secondary N) is 1. The first-order valence-electron chi connectivity index (χ1n) is 8.17. The van der Waals surface area contributed by atoms with Crippen molar-refractivity contribution in [2.24, 2.45) is 5.92 Å². The normalized spacial score (nSPS) is 21.1. The van der Waals surface area contributed by atoms with Crippen LogP contribution in [-0.2, 0) is 10.3 Å². The van der Waals surface area contributed by atoms with E-state index in [9.17, 15) is 31.1 Å². The van der Waals surface area contributed by atoms with E-state index in [1.807, 2.05) is 0 Å². The number of alkyl halides is 4. The van der Waals surface area contributed by atoms with E-state index in [1.54, 1.807) is 20.8 Å². The lowest BCUT2D eigenvalue weighted by atomic mass is 9.74. The van der Waals surface area contributed by atoms with Crippen LogP contribution >= 0.6 is 0 Å². The molecule has 1 heterocycles. The standard InChI is InChI=1S/C17H17F6N3O/c1-15(2,3)26-13-10(19)5-9(18)6-11(13)24-14(26)25-12(27)4-8-7-16(20,21)17(8,22)23/h5-6,8H,4,7H2,1-3H3,(H,24,25,27). The molecule has 1 amide bonds. The van der Waals surface area contributed by atoms with Crippen LogP contribution in [0.15, 0.2) is 12.1 Å². The van der Waals surface area contributed by atoms with Crippen LogP contribution in [0, 0.1) is 17.6 Å². The Morgan fingerprint density at radius 3 is 2.41 bits per heavy atom. The Kier molecular flexibility index (Phi) is 4.24. The number of carbonyl (C=O) groups is 1. The Morgan fingerprint density at radius 1 is 1.26 bits per heavy atom. The van der Waals surface area contributed by atoms with Gasteiger partial charge in [0.1, 0.15) is 11.3 Å². The highest BCUT2D eigenvalue weighted by Crippen LogP contribution is 2.56. The third-order valence-corrected chi connectivity index (χ3v) is 4.53. The zero-order chi connectivity index (χ0) is 20.4. The van der Waals surface area contributed by atoms with E-state index >= 15 is 0 Å². The van der Waals surface area contributed by atoms with Gasteiger partial charge >= 0.3 is 11.8 Å². The number of nitrogens with zero attached hydrogens (tertiary/aromatic N) is 2. The summed E-state index contributed by atoms with van der Waals surface area (Å²) in [6, 6.07) is 1.63. The van der Waals surface area contributed by atoms with Crippen molar-refractivity contribution < 1.29 is 31.1 Å². The molecular formula is C17H17F6N3O. The van der Waals surface area contributed by atoms with Crippen LogP contribution in [0.4, 0.5) is 32.3 Å². The van der Waals surface area contributed by atoms with Gasteiger partial charge in [0.25, 0.3) is 0 Å². The Hall–Kier alpha value is -2.26. The third kappa shape index (κ3) is 3.14. The van der Waals surface area contributed by atoms with Crippen LogP contribution in [0.5, 0.6) is 0 Å². The smallest absolute Gasteiger partial charge is 0.302 e. The van der Waals surface area contributed by atoms with Crippen molar-refractivity contribution in [3.8, 4) is 0 Å². The number of benzene rings is 1. The second kappa shape index (κ2) is 5.87. The summed E-state index contributed by atoms with van der Waals surface area (Å²) in [5, 5.41) is 2.26. The average Bonchev–Trinajstić information content (AvgIpc) is 2.84. The first-order valence-corrected chi connectivity index (χ1v) is 8.17. The summed E-state index contributed by atoms with van der Waals surface area (Å²) in [4.78, 5) is 16.1. The Bertz CT molecular complexity index is 916. The van der Waals surface area contributed by atoms with Gasteiger partial charge in [-0.25, -0.2) is 13.8 Å². The predicted octanol–water partition coefficient (Wildman–Crippen LogP) is 4.69. The van der Waals surface area contributed by atoms with Gasteiger partial charge in [-0.05, 0) is 20.8 Å². The second-order valence-corrected chi connectivity index (χ2v) is 7.68. The highest BCUT2D eigenvalue weighted by molar-refractivity contribution is 5.92. The molecule has 0 radical (unpaired) electrons. The molecule has 0 bridgehead atoms. The maximum Gasteiger partial charge on any atom is 0.313 e. The van der Waals surface area contributed by atoms with Crippen LogP contribution in [0.3, 0.4) is 0 Å². The summed E-state index contributed by atoms with van der Waals surface area (Å²) in [5.74, 6) is -13.1. The molecule has 10 heteroatoms. The molecule has 1 saturated carbocycles. The number of fused-ring (bicyclic) bond motifs is 1. The largest absolute Gasteiger partial charge is 0.313 e. The van der Waals surface area contributed by atoms with Gasteiger partial charge in [-0.2, -0.15) is 17.6 Å². The molecule has 0 aliphatic heterocycles. The third-order valence-electron chi connectivity index (χ3n) is 4.53. The van der Waals surface area contributed by atoms with Crippen LogP contribution in [0.25, 0.3) is 11.0 Å². The number of imidazole rings is 1. The van der Waals surface area contributed by atoms with E-state index in [0.717, 1.165) is 6.07 Å². The van der Waals surface area contributed by atoms with Crippen molar-refractivity contribution in [2.45, 2.75) is 51.0 Å². The molecule has 2 aromatic rings. The Labute approximate surface area is 150 Å². The van der Waals surface area contributed by atoms with Gasteiger partial charge in [-0.15, -0.1) is 0 Å². The summed E-state index contributed by atoms with van der Waals surface area (Å²) in [5.41, 5.74) is -0.943. The summed E-state index contributed by atoms with van der Waals surface area (Å²) in [7, 11) is 0. The zero-order valence-electron chi connectivity index (χ0n) is 14.7. The molecule has 0 saturated heterocycles. The van der Waals surface area contributed by atoms with Gasteiger partial charge in [0.2, 0.25) is 11.9 Å². The number of halogens is 6. The van der Waals surface area contributed by atoms with Crippen molar-refractivity contribution in [3.63, 3.8) is 0 Å². The average molecular weight is 393 g/mol. The minimum absolute atomic E-state index is 0.0697. The van der Waals surface area contributed by atoms with E-state index in [1.165, 1.54) is 4.57 Å². The minimum atomic E-state index is -4.26. The van der Waals surface area contributed by atoms with Crippen molar-refractivity contribution in [1.82, 2.24) is 9.55 Å².